The molecular formula is C19H22FN3O2S. The Balaban J connectivity index is 1.46. The fraction of sp³-hybridized carbons (Fsp3) is 0.368. The van der Waals surface area contributed by atoms with Crippen LogP contribution in [0.5, 0.6) is 0 Å². The van der Waals surface area contributed by atoms with Gasteiger partial charge in [-0.15, -0.1) is 11.3 Å². The molecule has 2 amide bonds. The molecule has 5 nitrogen and oxygen atoms in total. The van der Waals surface area contributed by atoms with Gasteiger partial charge in [0.15, 0.2) is 0 Å². The Kier molecular flexibility index (Phi) is 6.00. The van der Waals surface area contributed by atoms with Gasteiger partial charge in [-0.25, -0.2) is 4.39 Å². The molecular weight excluding hydrogens is 353 g/mol. The van der Waals surface area contributed by atoms with Gasteiger partial charge < -0.3 is 9.80 Å². The monoisotopic (exact) mass is 375 g/mol. The van der Waals surface area contributed by atoms with Crippen LogP contribution in [0.4, 0.5) is 4.39 Å². The van der Waals surface area contributed by atoms with Crippen LogP contribution < -0.4 is 0 Å². The van der Waals surface area contributed by atoms with Gasteiger partial charge in [0.05, 0.1) is 13.1 Å². The van der Waals surface area contributed by atoms with Gasteiger partial charge in [-0.1, -0.05) is 6.07 Å². The molecule has 138 valence electrons. The number of nitrogens with zero attached hydrogens (tertiary/aromatic N) is 3. The topological polar surface area (TPSA) is 43.9 Å². The van der Waals surface area contributed by atoms with E-state index in [-0.39, 0.29) is 17.6 Å². The fourth-order valence-electron chi connectivity index (χ4n) is 2.92. The zero-order valence-corrected chi connectivity index (χ0v) is 15.5. The number of carbonyl (C=O) groups excluding carboxylic acids is 2. The first-order valence-corrected chi connectivity index (χ1v) is 9.44. The number of halogens is 1. The van der Waals surface area contributed by atoms with Crippen LogP contribution in [-0.4, -0.2) is 66.3 Å². The first kappa shape index (κ1) is 18.5. The summed E-state index contributed by atoms with van der Waals surface area (Å²) in [6.07, 6.45) is 0. The summed E-state index contributed by atoms with van der Waals surface area (Å²) in [6.45, 7) is 3.44. The summed E-state index contributed by atoms with van der Waals surface area (Å²) in [5.74, 6) is -0.362. The molecule has 0 aliphatic carbocycles. The molecule has 1 aromatic heterocycles. The Labute approximate surface area is 156 Å². The lowest BCUT2D eigenvalue weighted by Gasteiger charge is -2.35. The maximum atomic E-state index is 13.0. The zero-order chi connectivity index (χ0) is 18.5. The highest BCUT2D eigenvalue weighted by atomic mass is 32.1. The van der Waals surface area contributed by atoms with Crippen molar-refractivity contribution in [2.45, 2.75) is 6.54 Å². The first-order valence-electron chi connectivity index (χ1n) is 8.56. The van der Waals surface area contributed by atoms with E-state index < -0.39 is 0 Å². The SMILES string of the molecule is CN(Cc1cccs1)C(=O)CN1CCN(C(=O)c2ccc(F)cc2)CC1. The van der Waals surface area contributed by atoms with E-state index >= 15 is 0 Å². The van der Waals surface area contributed by atoms with Gasteiger partial charge in [0.2, 0.25) is 5.91 Å². The van der Waals surface area contributed by atoms with E-state index in [1.807, 2.05) is 24.6 Å². The van der Waals surface area contributed by atoms with Crippen LogP contribution >= 0.6 is 11.3 Å². The molecule has 1 fully saturated rings. The average Bonchev–Trinajstić information content (AvgIpc) is 3.15. The number of thiophene rings is 1. The maximum Gasteiger partial charge on any atom is 0.253 e. The molecule has 7 heteroatoms. The highest BCUT2D eigenvalue weighted by molar-refractivity contribution is 7.09. The van der Waals surface area contributed by atoms with Crippen molar-refractivity contribution in [2.75, 3.05) is 39.8 Å². The minimum atomic E-state index is -0.350. The molecule has 1 saturated heterocycles. The van der Waals surface area contributed by atoms with Crippen molar-refractivity contribution in [3.8, 4) is 0 Å². The molecule has 0 unspecified atom stereocenters. The number of carbonyl (C=O) groups is 2. The fourth-order valence-corrected chi connectivity index (χ4v) is 3.68. The van der Waals surface area contributed by atoms with Crippen molar-refractivity contribution in [3.05, 3.63) is 58.0 Å². The van der Waals surface area contributed by atoms with E-state index in [1.165, 1.54) is 24.3 Å². The van der Waals surface area contributed by atoms with E-state index in [1.54, 1.807) is 21.1 Å². The number of hydrogen-bond acceptors (Lipinski definition) is 4. The van der Waals surface area contributed by atoms with Crippen LogP contribution in [0.15, 0.2) is 41.8 Å². The molecule has 1 aliphatic rings. The number of piperazine rings is 1. The van der Waals surface area contributed by atoms with Crippen molar-refractivity contribution in [2.24, 2.45) is 0 Å². The number of likely N-dealkylation sites (N-methyl/N-ethyl adjacent to an activating group) is 1. The quantitative estimate of drug-likeness (QED) is 0.806. The molecule has 0 radical (unpaired) electrons. The largest absolute Gasteiger partial charge is 0.340 e. The molecule has 0 atom stereocenters. The predicted molar refractivity (Wildman–Crippen MR) is 99.5 cm³/mol. The second-order valence-electron chi connectivity index (χ2n) is 6.40. The molecule has 2 heterocycles. The number of hydrogen-bond donors (Lipinski definition) is 0. The molecule has 0 spiro atoms. The summed E-state index contributed by atoms with van der Waals surface area (Å²) >= 11 is 1.64. The third kappa shape index (κ3) is 4.68. The molecule has 1 aromatic carbocycles. The van der Waals surface area contributed by atoms with Gasteiger partial charge in [-0.05, 0) is 35.7 Å². The van der Waals surface area contributed by atoms with Crippen molar-refractivity contribution < 1.29 is 14.0 Å². The standard InChI is InChI=1S/C19H22FN3O2S/c1-21(13-17-3-2-12-26-17)18(24)14-22-8-10-23(11-9-22)19(25)15-4-6-16(20)7-5-15/h2-7,12H,8-11,13-14H2,1H3. The smallest absolute Gasteiger partial charge is 0.253 e. The number of amides is 2. The lowest BCUT2D eigenvalue weighted by atomic mass is 10.2. The van der Waals surface area contributed by atoms with Gasteiger partial charge in [-0.3, -0.25) is 14.5 Å². The summed E-state index contributed by atoms with van der Waals surface area (Å²) in [7, 11) is 1.82. The van der Waals surface area contributed by atoms with Gasteiger partial charge >= 0.3 is 0 Å². The zero-order valence-electron chi connectivity index (χ0n) is 14.7. The summed E-state index contributed by atoms with van der Waals surface area (Å²) in [5, 5.41) is 2.00. The lowest BCUT2D eigenvalue weighted by Crippen LogP contribution is -2.51. The van der Waals surface area contributed by atoms with Crippen LogP contribution in [0, 0.1) is 5.82 Å². The number of rotatable bonds is 5. The summed E-state index contributed by atoms with van der Waals surface area (Å²) in [5.41, 5.74) is 0.492. The van der Waals surface area contributed by atoms with Gasteiger partial charge in [-0.2, -0.15) is 0 Å². The third-order valence-corrected chi connectivity index (χ3v) is 5.37. The molecule has 1 aliphatic heterocycles. The van der Waals surface area contributed by atoms with Gasteiger partial charge in [0.1, 0.15) is 5.82 Å². The second kappa shape index (κ2) is 8.42. The Morgan fingerprint density at radius 2 is 1.81 bits per heavy atom. The minimum Gasteiger partial charge on any atom is -0.340 e. The third-order valence-electron chi connectivity index (χ3n) is 4.51. The average molecular weight is 375 g/mol. The normalized spacial score (nSPS) is 15.1. The highest BCUT2D eigenvalue weighted by Crippen LogP contribution is 2.12. The predicted octanol–water partition coefficient (Wildman–Crippen LogP) is 2.30. The summed E-state index contributed by atoms with van der Waals surface area (Å²) in [6, 6.07) is 9.61. The van der Waals surface area contributed by atoms with Crippen molar-refractivity contribution in [3.63, 3.8) is 0 Å². The van der Waals surface area contributed by atoms with Crippen molar-refractivity contribution in [1.29, 1.82) is 0 Å². The highest BCUT2D eigenvalue weighted by Gasteiger charge is 2.24. The first-order chi connectivity index (χ1) is 12.5. The summed E-state index contributed by atoms with van der Waals surface area (Å²) < 4.78 is 13.0. The van der Waals surface area contributed by atoms with Crippen molar-refractivity contribution in [1.82, 2.24) is 14.7 Å². The van der Waals surface area contributed by atoms with Crippen molar-refractivity contribution >= 4 is 23.2 Å². The molecule has 26 heavy (non-hydrogen) atoms. The van der Waals surface area contributed by atoms with E-state index in [2.05, 4.69) is 4.90 Å². The Hall–Kier alpha value is -2.25. The molecule has 0 saturated carbocycles. The summed E-state index contributed by atoms with van der Waals surface area (Å²) in [4.78, 5) is 31.5. The van der Waals surface area contributed by atoms with Crippen LogP contribution in [0.3, 0.4) is 0 Å². The van der Waals surface area contributed by atoms with Crippen LogP contribution in [-0.2, 0) is 11.3 Å². The molecule has 0 bridgehead atoms. The van der Waals surface area contributed by atoms with Crippen LogP contribution in [0.1, 0.15) is 15.2 Å². The van der Waals surface area contributed by atoms with E-state index in [0.717, 1.165) is 4.88 Å². The molecule has 3 rings (SSSR count). The minimum absolute atomic E-state index is 0.0803. The second-order valence-corrected chi connectivity index (χ2v) is 7.44. The number of benzene rings is 1. The van der Waals surface area contributed by atoms with Gasteiger partial charge in [0, 0.05) is 43.7 Å². The van der Waals surface area contributed by atoms with E-state index in [9.17, 15) is 14.0 Å². The molecule has 0 N–H and O–H groups in total. The van der Waals surface area contributed by atoms with E-state index in [4.69, 9.17) is 0 Å². The van der Waals surface area contributed by atoms with E-state index in [0.29, 0.717) is 44.8 Å². The van der Waals surface area contributed by atoms with Crippen LogP contribution in [0.25, 0.3) is 0 Å². The van der Waals surface area contributed by atoms with Gasteiger partial charge in [0.25, 0.3) is 5.91 Å². The Morgan fingerprint density at radius 1 is 1.12 bits per heavy atom. The van der Waals surface area contributed by atoms with Crippen LogP contribution in [0.2, 0.25) is 0 Å². The maximum absolute atomic E-state index is 13.0. The molecule has 2 aromatic rings. The Bertz CT molecular complexity index is 741. The lowest BCUT2D eigenvalue weighted by molar-refractivity contribution is -0.131. The Morgan fingerprint density at radius 3 is 2.42 bits per heavy atom.